The summed E-state index contributed by atoms with van der Waals surface area (Å²) in [6.45, 7) is 11.2. The topological polar surface area (TPSA) is 46.6 Å². The average Bonchev–Trinajstić information content (AvgIpc) is 2.59. The predicted octanol–water partition coefficient (Wildman–Crippen LogP) is 2.53. The van der Waals surface area contributed by atoms with Crippen LogP contribution in [-0.2, 0) is 9.53 Å². The summed E-state index contributed by atoms with van der Waals surface area (Å²) in [5.74, 6) is -0.0594. The van der Waals surface area contributed by atoms with Gasteiger partial charge in [0, 0.05) is 6.54 Å². The van der Waals surface area contributed by atoms with Crippen molar-refractivity contribution in [1.29, 1.82) is 0 Å². The molecule has 0 aromatic rings. The molecule has 1 saturated heterocycles. The predicted molar refractivity (Wildman–Crippen MR) is 65.8 cm³/mol. The Kier molecular flexibility index (Phi) is 3.65. The van der Waals surface area contributed by atoms with Crippen LogP contribution < -0.4 is 0 Å². The van der Waals surface area contributed by atoms with E-state index in [1.807, 2.05) is 20.8 Å². The third-order valence-electron chi connectivity index (χ3n) is 2.98. The lowest BCUT2D eigenvalue weighted by molar-refractivity contribution is -0.124. The molecule has 0 spiro atoms. The number of hydrogen-bond donors (Lipinski definition) is 0. The molecule has 0 radical (unpaired) electrons. The molecule has 1 heterocycles. The highest BCUT2D eigenvalue weighted by Gasteiger charge is 2.46. The molecule has 17 heavy (non-hydrogen) atoms. The van der Waals surface area contributed by atoms with E-state index in [1.54, 1.807) is 6.08 Å². The summed E-state index contributed by atoms with van der Waals surface area (Å²) in [4.78, 5) is 25.3. The molecule has 0 aromatic carbocycles. The van der Waals surface area contributed by atoms with Crippen molar-refractivity contribution in [2.45, 2.75) is 51.7 Å². The number of amides is 1. The Morgan fingerprint density at radius 2 is 2.00 bits per heavy atom. The molecular formula is C13H21NO3. The SMILES string of the molecule is C=CC1(C(C)=O)CCCN1C(=O)OC(C)(C)C. The van der Waals surface area contributed by atoms with E-state index in [9.17, 15) is 9.59 Å². The van der Waals surface area contributed by atoms with E-state index in [0.717, 1.165) is 6.42 Å². The van der Waals surface area contributed by atoms with Gasteiger partial charge >= 0.3 is 6.09 Å². The summed E-state index contributed by atoms with van der Waals surface area (Å²) in [6.07, 6.45) is 2.55. The minimum absolute atomic E-state index is 0.0594. The first-order valence-corrected chi connectivity index (χ1v) is 5.88. The van der Waals surface area contributed by atoms with E-state index >= 15 is 0 Å². The summed E-state index contributed by atoms with van der Waals surface area (Å²) in [6, 6.07) is 0. The van der Waals surface area contributed by atoms with Crippen LogP contribution in [0, 0.1) is 0 Å². The number of nitrogens with zero attached hydrogens (tertiary/aromatic N) is 1. The third-order valence-corrected chi connectivity index (χ3v) is 2.98. The van der Waals surface area contributed by atoms with Crippen molar-refractivity contribution in [1.82, 2.24) is 4.90 Å². The molecule has 1 rings (SSSR count). The Morgan fingerprint density at radius 3 is 2.41 bits per heavy atom. The van der Waals surface area contributed by atoms with Gasteiger partial charge in [-0.2, -0.15) is 0 Å². The molecule has 0 saturated carbocycles. The van der Waals surface area contributed by atoms with Crippen LogP contribution >= 0.6 is 0 Å². The van der Waals surface area contributed by atoms with Crippen LogP contribution in [0.15, 0.2) is 12.7 Å². The van der Waals surface area contributed by atoms with Gasteiger partial charge in [-0.3, -0.25) is 9.69 Å². The van der Waals surface area contributed by atoms with E-state index in [1.165, 1.54) is 11.8 Å². The molecule has 1 amide bonds. The molecule has 0 N–H and O–H groups in total. The van der Waals surface area contributed by atoms with Crippen LogP contribution in [0.2, 0.25) is 0 Å². The van der Waals surface area contributed by atoms with Crippen LogP contribution in [0.25, 0.3) is 0 Å². The third kappa shape index (κ3) is 2.68. The van der Waals surface area contributed by atoms with Gasteiger partial charge in [0.15, 0.2) is 5.78 Å². The number of likely N-dealkylation sites (tertiary alicyclic amines) is 1. The fourth-order valence-corrected chi connectivity index (χ4v) is 2.13. The fraction of sp³-hybridized carbons (Fsp3) is 0.692. The molecule has 4 heteroatoms. The van der Waals surface area contributed by atoms with Gasteiger partial charge in [-0.25, -0.2) is 4.79 Å². The van der Waals surface area contributed by atoms with E-state index in [-0.39, 0.29) is 5.78 Å². The first kappa shape index (κ1) is 13.7. The van der Waals surface area contributed by atoms with Gasteiger partial charge in [0.1, 0.15) is 11.1 Å². The van der Waals surface area contributed by atoms with Crippen molar-refractivity contribution in [3.8, 4) is 0 Å². The molecule has 0 bridgehead atoms. The van der Waals surface area contributed by atoms with Gasteiger partial charge in [-0.1, -0.05) is 6.08 Å². The zero-order valence-corrected chi connectivity index (χ0v) is 11.1. The number of rotatable bonds is 2. The normalized spacial score (nSPS) is 24.6. The Labute approximate surface area is 103 Å². The van der Waals surface area contributed by atoms with Gasteiger partial charge in [0.25, 0.3) is 0 Å². The second-order valence-corrected chi connectivity index (χ2v) is 5.42. The van der Waals surface area contributed by atoms with Crippen molar-refractivity contribution >= 4 is 11.9 Å². The number of hydrogen-bond acceptors (Lipinski definition) is 3. The molecule has 4 nitrogen and oxygen atoms in total. The maximum absolute atomic E-state index is 12.0. The molecule has 0 aliphatic carbocycles. The van der Waals surface area contributed by atoms with Gasteiger partial charge in [-0.15, -0.1) is 6.58 Å². The standard InChI is InChI=1S/C13H21NO3/c1-6-13(10(2)15)8-7-9-14(13)11(16)17-12(3,4)5/h6H,1,7-9H2,2-5H3. The molecule has 0 aromatic heterocycles. The summed E-state index contributed by atoms with van der Waals surface area (Å²) in [5, 5.41) is 0. The molecule has 1 aliphatic heterocycles. The van der Waals surface area contributed by atoms with E-state index in [4.69, 9.17) is 4.74 Å². The van der Waals surface area contributed by atoms with Crippen LogP contribution in [0.3, 0.4) is 0 Å². The highest BCUT2D eigenvalue weighted by molar-refractivity contribution is 5.92. The van der Waals surface area contributed by atoms with E-state index in [2.05, 4.69) is 6.58 Å². The smallest absolute Gasteiger partial charge is 0.411 e. The van der Waals surface area contributed by atoms with Crippen LogP contribution in [0.1, 0.15) is 40.5 Å². The fourth-order valence-electron chi connectivity index (χ4n) is 2.13. The maximum atomic E-state index is 12.0. The summed E-state index contributed by atoms with van der Waals surface area (Å²) >= 11 is 0. The van der Waals surface area contributed by atoms with E-state index < -0.39 is 17.2 Å². The van der Waals surface area contributed by atoms with Crippen LogP contribution in [-0.4, -0.2) is 34.5 Å². The summed E-state index contributed by atoms with van der Waals surface area (Å²) in [7, 11) is 0. The Bertz CT molecular complexity index is 343. The molecule has 1 unspecified atom stereocenters. The number of carbonyl (C=O) groups excluding carboxylic acids is 2. The van der Waals surface area contributed by atoms with Crippen LogP contribution in [0.5, 0.6) is 0 Å². The lowest BCUT2D eigenvalue weighted by Crippen LogP contribution is -2.52. The second-order valence-electron chi connectivity index (χ2n) is 5.42. The molecule has 1 aliphatic rings. The lowest BCUT2D eigenvalue weighted by Gasteiger charge is -2.34. The zero-order valence-electron chi connectivity index (χ0n) is 11.1. The van der Waals surface area contributed by atoms with Crippen LogP contribution in [0.4, 0.5) is 4.79 Å². The first-order chi connectivity index (χ1) is 7.73. The number of ketones is 1. The quantitative estimate of drug-likeness (QED) is 0.696. The molecule has 1 atom stereocenters. The monoisotopic (exact) mass is 239 g/mol. The van der Waals surface area contributed by atoms with Gasteiger partial charge in [-0.05, 0) is 40.5 Å². The Hall–Kier alpha value is -1.32. The largest absolute Gasteiger partial charge is 0.444 e. The summed E-state index contributed by atoms with van der Waals surface area (Å²) in [5.41, 5.74) is -1.42. The van der Waals surface area contributed by atoms with Crippen molar-refractivity contribution in [2.75, 3.05) is 6.54 Å². The Balaban J connectivity index is 2.93. The van der Waals surface area contributed by atoms with Gasteiger partial charge < -0.3 is 4.74 Å². The van der Waals surface area contributed by atoms with Gasteiger partial charge in [0.2, 0.25) is 0 Å². The summed E-state index contributed by atoms with van der Waals surface area (Å²) < 4.78 is 5.32. The Morgan fingerprint density at radius 1 is 1.41 bits per heavy atom. The lowest BCUT2D eigenvalue weighted by atomic mass is 9.92. The molecule has 1 fully saturated rings. The second kappa shape index (κ2) is 4.51. The zero-order chi connectivity index (χ0) is 13.3. The van der Waals surface area contributed by atoms with Crippen molar-refractivity contribution in [3.63, 3.8) is 0 Å². The average molecular weight is 239 g/mol. The minimum Gasteiger partial charge on any atom is -0.444 e. The number of ether oxygens (including phenoxy) is 1. The van der Waals surface area contributed by atoms with Crippen molar-refractivity contribution < 1.29 is 14.3 Å². The molecule has 96 valence electrons. The highest BCUT2D eigenvalue weighted by Crippen LogP contribution is 2.32. The van der Waals surface area contributed by atoms with Crippen molar-refractivity contribution in [3.05, 3.63) is 12.7 Å². The number of Topliss-reactive ketones (excluding diaryl/α,β-unsaturated/α-hetero) is 1. The minimum atomic E-state index is -0.873. The first-order valence-electron chi connectivity index (χ1n) is 5.88. The van der Waals surface area contributed by atoms with E-state index in [0.29, 0.717) is 13.0 Å². The van der Waals surface area contributed by atoms with Crippen molar-refractivity contribution in [2.24, 2.45) is 0 Å². The maximum Gasteiger partial charge on any atom is 0.411 e. The van der Waals surface area contributed by atoms with Gasteiger partial charge in [0.05, 0.1) is 0 Å². The molecular weight excluding hydrogens is 218 g/mol. The number of carbonyl (C=O) groups is 2. The highest BCUT2D eigenvalue weighted by atomic mass is 16.6.